The summed E-state index contributed by atoms with van der Waals surface area (Å²) in [6.07, 6.45) is 0. The number of amides is 1. The molecule has 0 aliphatic rings. The van der Waals surface area contributed by atoms with E-state index in [0.717, 1.165) is 6.07 Å². The third-order valence-electron chi connectivity index (χ3n) is 3.94. The van der Waals surface area contributed by atoms with Gasteiger partial charge in [0.15, 0.2) is 0 Å². The Morgan fingerprint density at radius 3 is 2.41 bits per heavy atom. The molecule has 0 unspecified atom stereocenters. The molecule has 0 bridgehead atoms. The molecule has 9 heteroatoms. The zero-order valence-corrected chi connectivity index (χ0v) is 16.7. The predicted octanol–water partition coefficient (Wildman–Crippen LogP) is 3.77. The Labute approximate surface area is 162 Å². The van der Waals surface area contributed by atoms with Crippen LogP contribution in [0.1, 0.15) is 24.2 Å². The Kier molecular flexibility index (Phi) is 6.80. The van der Waals surface area contributed by atoms with E-state index in [2.05, 4.69) is 5.32 Å². The van der Waals surface area contributed by atoms with Crippen molar-refractivity contribution in [2.45, 2.75) is 18.7 Å². The van der Waals surface area contributed by atoms with E-state index in [1.807, 2.05) is 0 Å². The molecule has 2 aromatic carbocycles. The van der Waals surface area contributed by atoms with Crippen LogP contribution in [0.2, 0.25) is 5.02 Å². The van der Waals surface area contributed by atoms with Gasteiger partial charge < -0.3 is 10.1 Å². The van der Waals surface area contributed by atoms with Crippen LogP contribution in [0.3, 0.4) is 0 Å². The molecule has 0 radical (unpaired) electrons. The smallest absolute Gasteiger partial charge is 0.259 e. The number of nitrogens with one attached hydrogen (secondary N) is 1. The average Bonchev–Trinajstić information content (AvgIpc) is 2.64. The second-order valence-corrected chi connectivity index (χ2v) is 7.90. The van der Waals surface area contributed by atoms with E-state index in [9.17, 15) is 17.6 Å². The fraction of sp³-hybridized carbons (Fsp3) is 0.278. The van der Waals surface area contributed by atoms with Crippen LogP contribution in [0, 0.1) is 5.82 Å². The van der Waals surface area contributed by atoms with Gasteiger partial charge >= 0.3 is 0 Å². The first kappa shape index (κ1) is 21.1. The van der Waals surface area contributed by atoms with Crippen LogP contribution >= 0.6 is 11.6 Å². The molecule has 27 heavy (non-hydrogen) atoms. The summed E-state index contributed by atoms with van der Waals surface area (Å²) in [5.41, 5.74) is -0.108. The Morgan fingerprint density at radius 1 is 1.19 bits per heavy atom. The largest absolute Gasteiger partial charge is 0.496 e. The van der Waals surface area contributed by atoms with Crippen LogP contribution in [0.5, 0.6) is 5.75 Å². The number of benzene rings is 2. The van der Waals surface area contributed by atoms with E-state index >= 15 is 0 Å². The first-order valence-electron chi connectivity index (χ1n) is 8.19. The molecule has 0 aliphatic heterocycles. The van der Waals surface area contributed by atoms with Crippen LogP contribution in [-0.2, 0) is 10.0 Å². The van der Waals surface area contributed by atoms with Crippen molar-refractivity contribution in [1.29, 1.82) is 0 Å². The molecule has 0 saturated heterocycles. The third kappa shape index (κ3) is 4.58. The number of ether oxygens (including phenoxy) is 1. The van der Waals surface area contributed by atoms with E-state index in [1.165, 1.54) is 41.7 Å². The topological polar surface area (TPSA) is 75.7 Å². The van der Waals surface area contributed by atoms with Gasteiger partial charge in [-0.25, -0.2) is 12.8 Å². The van der Waals surface area contributed by atoms with Crippen LogP contribution in [0.15, 0.2) is 41.3 Å². The normalized spacial score (nSPS) is 11.5. The van der Waals surface area contributed by atoms with Gasteiger partial charge in [0.2, 0.25) is 10.0 Å². The first-order valence-corrected chi connectivity index (χ1v) is 10.0. The van der Waals surface area contributed by atoms with Crippen molar-refractivity contribution < 1.29 is 22.3 Å². The SMILES string of the molecule is CCN(CC)S(=O)(=O)c1ccc(OC)c(C(=O)Nc2ccc(Cl)cc2F)c1. The molecule has 2 aromatic rings. The maximum Gasteiger partial charge on any atom is 0.259 e. The minimum atomic E-state index is -3.76. The summed E-state index contributed by atoms with van der Waals surface area (Å²) in [6.45, 7) is 4.04. The van der Waals surface area contributed by atoms with Crippen LogP contribution in [-0.4, -0.2) is 38.8 Å². The third-order valence-corrected chi connectivity index (χ3v) is 6.22. The summed E-state index contributed by atoms with van der Waals surface area (Å²) in [5.74, 6) is -1.24. The molecule has 1 N–H and O–H groups in total. The van der Waals surface area contributed by atoms with Crippen molar-refractivity contribution >= 4 is 33.2 Å². The molecular formula is C18H20ClFN2O4S. The number of anilines is 1. The summed E-state index contributed by atoms with van der Waals surface area (Å²) in [7, 11) is -2.41. The standard InChI is InChI=1S/C18H20ClFN2O4S/c1-4-22(5-2)27(24,25)13-7-9-17(26-3)14(11-13)18(23)21-16-8-6-12(19)10-15(16)20/h6-11H,4-5H2,1-3H3,(H,21,23). The van der Waals surface area contributed by atoms with Crippen molar-refractivity contribution in [1.82, 2.24) is 4.31 Å². The highest BCUT2D eigenvalue weighted by Gasteiger charge is 2.24. The average molecular weight is 415 g/mol. The highest BCUT2D eigenvalue weighted by molar-refractivity contribution is 7.89. The Balaban J connectivity index is 2.44. The number of sulfonamides is 1. The van der Waals surface area contributed by atoms with E-state index in [0.29, 0.717) is 13.1 Å². The minimum Gasteiger partial charge on any atom is -0.496 e. The molecular weight excluding hydrogens is 395 g/mol. The van der Waals surface area contributed by atoms with Crippen molar-refractivity contribution in [2.75, 3.05) is 25.5 Å². The molecule has 0 atom stereocenters. The molecule has 0 aromatic heterocycles. The highest BCUT2D eigenvalue weighted by atomic mass is 35.5. The molecule has 0 fully saturated rings. The lowest BCUT2D eigenvalue weighted by molar-refractivity contribution is 0.102. The number of nitrogens with zero attached hydrogens (tertiary/aromatic N) is 1. The molecule has 0 spiro atoms. The van der Waals surface area contributed by atoms with Crippen molar-refractivity contribution in [3.05, 3.63) is 52.8 Å². The first-order chi connectivity index (χ1) is 12.7. The number of hydrogen-bond acceptors (Lipinski definition) is 4. The van der Waals surface area contributed by atoms with Gasteiger partial charge in [0.25, 0.3) is 5.91 Å². The molecule has 2 rings (SSSR count). The molecule has 1 amide bonds. The van der Waals surface area contributed by atoms with Gasteiger partial charge in [-0.1, -0.05) is 25.4 Å². The maximum absolute atomic E-state index is 13.9. The number of carbonyl (C=O) groups is 1. The van der Waals surface area contributed by atoms with Crippen molar-refractivity contribution in [3.63, 3.8) is 0 Å². The lowest BCUT2D eigenvalue weighted by Crippen LogP contribution is -2.30. The van der Waals surface area contributed by atoms with Gasteiger partial charge in [-0.05, 0) is 36.4 Å². The van der Waals surface area contributed by atoms with Gasteiger partial charge in [0.05, 0.1) is 23.3 Å². The second kappa shape index (κ2) is 8.69. The monoisotopic (exact) mass is 414 g/mol. The number of hydrogen-bond donors (Lipinski definition) is 1. The van der Waals surface area contributed by atoms with Crippen molar-refractivity contribution in [3.8, 4) is 5.75 Å². The Hall–Kier alpha value is -2.16. The summed E-state index contributed by atoms with van der Waals surface area (Å²) in [4.78, 5) is 12.6. The van der Waals surface area contributed by atoms with E-state index in [1.54, 1.807) is 13.8 Å². The summed E-state index contributed by atoms with van der Waals surface area (Å²) in [5, 5.41) is 2.59. The molecule has 0 heterocycles. The fourth-order valence-electron chi connectivity index (χ4n) is 2.52. The molecule has 0 aliphatic carbocycles. The zero-order chi connectivity index (χ0) is 20.2. The number of methoxy groups -OCH3 is 1. The maximum atomic E-state index is 13.9. The van der Waals surface area contributed by atoms with Gasteiger partial charge in [0.1, 0.15) is 11.6 Å². The van der Waals surface area contributed by atoms with Crippen LogP contribution in [0.4, 0.5) is 10.1 Å². The van der Waals surface area contributed by atoms with Gasteiger partial charge in [-0.15, -0.1) is 0 Å². The lowest BCUT2D eigenvalue weighted by Gasteiger charge is -2.19. The predicted molar refractivity (Wildman–Crippen MR) is 102 cm³/mol. The van der Waals surface area contributed by atoms with Gasteiger partial charge in [0, 0.05) is 18.1 Å². The lowest BCUT2D eigenvalue weighted by atomic mass is 10.1. The van der Waals surface area contributed by atoms with Crippen molar-refractivity contribution in [2.24, 2.45) is 0 Å². The van der Waals surface area contributed by atoms with Crippen LogP contribution < -0.4 is 10.1 Å². The van der Waals surface area contributed by atoms with Gasteiger partial charge in [-0.3, -0.25) is 4.79 Å². The fourth-order valence-corrected chi connectivity index (χ4v) is 4.16. The van der Waals surface area contributed by atoms with E-state index in [4.69, 9.17) is 16.3 Å². The van der Waals surface area contributed by atoms with Crippen LogP contribution in [0.25, 0.3) is 0 Å². The molecule has 146 valence electrons. The summed E-state index contributed by atoms with van der Waals surface area (Å²) in [6, 6.07) is 7.79. The minimum absolute atomic E-state index is 0.0277. The highest BCUT2D eigenvalue weighted by Crippen LogP contribution is 2.26. The Bertz CT molecular complexity index is 946. The molecule has 0 saturated carbocycles. The van der Waals surface area contributed by atoms with E-state index < -0.39 is 21.7 Å². The number of rotatable bonds is 7. The van der Waals surface area contributed by atoms with E-state index in [-0.39, 0.29) is 26.9 Å². The molecule has 6 nitrogen and oxygen atoms in total. The second-order valence-electron chi connectivity index (χ2n) is 5.53. The zero-order valence-electron chi connectivity index (χ0n) is 15.1. The summed E-state index contributed by atoms with van der Waals surface area (Å²) < 4.78 is 45.8. The Morgan fingerprint density at radius 2 is 1.85 bits per heavy atom. The number of halogens is 2. The quantitative estimate of drug-likeness (QED) is 0.748. The van der Waals surface area contributed by atoms with Gasteiger partial charge in [-0.2, -0.15) is 4.31 Å². The number of carbonyl (C=O) groups excluding carboxylic acids is 1. The summed E-state index contributed by atoms with van der Waals surface area (Å²) >= 11 is 5.70.